The molecule has 0 aliphatic carbocycles. The van der Waals surface area contributed by atoms with Crippen molar-refractivity contribution in [1.82, 2.24) is 10.2 Å². The summed E-state index contributed by atoms with van der Waals surface area (Å²) in [5, 5.41) is 3.67. The van der Waals surface area contributed by atoms with E-state index in [9.17, 15) is 14.4 Å². The van der Waals surface area contributed by atoms with Gasteiger partial charge < -0.3 is 19.7 Å². The van der Waals surface area contributed by atoms with Crippen LogP contribution in [0.25, 0.3) is 0 Å². The third-order valence-electron chi connectivity index (χ3n) is 7.14. The number of cyclic esters (lactones) is 1. The maximum Gasteiger partial charge on any atom is 0.316 e. The molecule has 3 atom stereocenters. The van der Waals surface area contributed by atoms with E-state index >= 15 is 0 Å². The minimum Gasteiger partial charge on any atom is -0.463 e. The number of piperidine rings is 1. The van der Waals surface area contributed by atoms with Gasteiger partial charge in [-0.3, -0.25) is 14.4 Å². The molecule has 7 nitrogen and oxygen atoms in total. The van der Waals surface area contributed by atoms with Crippen molar-refractivity contribution in [3.63, 3.8) is 0 Å². The van der Waals surface area contributed by atoms with Crippen LogP contribution in [0.15, 0.2) is 30.3 Å². The highest BCUT2D eigenvalue weighted by molar-refractivity contribution is 5.98. The van der Waals surface area contributed by atoms with Gasteiger partial charge in [-0.15, -0.1) is 0 Å². The molecule has 1 N–H and O–H groups in total. The Morgan fingerprint density at radius 3 is 2.55 bits per heavy atom. The van der Waals surface area contributed by atoms with Gasteiger partial charge in [0.25, 0.3) is 0 Å². The summed E-state index contributed by atoms with van der Waals surface area (Å²) >= 11 is 0. The van der Waals surface area contributed by atoms with Crippen molar-refractivity contribution in [2.24, 2.45) is 11.8 Å². The maximum absolute atomic E-state index is 12.8. The van der Waals surface area contributed by atoms with Crippen LogP contribution < -0.4 is 5.32 Å². The average molecular weight is 459 g/mol. The van der Waals surface area contributed by atoms with E-state index in [0.717, 1.165) is 18.5 Å². The molecule has 182 valence electrons. The van der Waals surface area contributed by atoms with Crippen molar-refractivity contribution in [3.8, 4) is 0 Å². The molecule has 1 aromatic carbocycles. The van der Waals surface area contributed by atoms with E-state index in [1.54, 1.807) is 14.0 Å². The first kappa shape index (κ1) is 25.4. The number of benzene rings is 1. The number of methoxy groups -OCH3 is 1. The largest absolute Gasteiger partial charge is 0.463 e. The Bertz CT molecular complexity index is 804. The smallest absolute Gasteiger partial charge is 0.316 e. The number of hydrogen-bond donors (Lipinski definition) is 1. The number of ketones is 1. The zero-order chi connectivity index (χ0) is 23.8. The molecule has 0 saturated carbocycles. The first-order valence-electron chi connectivity index (χ1n) is 12.1. The molecule has 0 radical (unpaired) electrons. The minimum absolute atomic E-state index is 0.0110. The summed E-state index contributed by atoms with van der Waals surface area (Å²) in [5.41, 5.74) is 0.615. The quantitative estimate of drug-likeness (QED) is 0.554. The van der Waals surface area contributed by atoms with Crippen molar-refractivity contribution in [1.29, 1.82) is 0 Å². The lowest BCUT2D eigenvalue weighted by molar-refractivity contribution is -0.154. The van der Waals surface area contributed by atoms with Crippen molar-refractivity contribution in [3.05, 3.63) is 35.9 Å². The summed E-state index contributed by atoms with van der Waals surface area (Å²) in [6, 6.07) is 9.77. The topological polar surface area (TPSA) is 84.9 Å². The summed E-state index contributed by atoms with van der Waals surface area (Å²) in [7, 11) is 1.68. The van der Waals surface area contributed by atoms with Crippen molar-refractivity contribution in [2.45, 2.75) is 64.0 Å². The molecule has 2 fully saturated rings. The lowest BCUT2D eigenvalue weighted by Crippen LogP contribution is -2.58. The Hall–Kier alpha value is -2.25. The van der Waals surface area contributed by atoms with Crippen LogP contribution in [0.5, 0.6) is 0 Å². The van der Waals surface area contributed by atoms with Gasteiger partial charge in [0.2, 0.25) is 5.91 Å². The number of nitrogens with zero attached hydrogens (tertiary/aromatic N) is 1. The molecule has 0 bridgehead atoms. The van der Waals surface area contributed by atoms with Gasteiger partial charge in [-0.05, 0) is 50.6 Å². The van der Waals surface area contributed by atoms with E-state index < -0.39 is 17.4 Å². The fourth-order valence-corrected chi connectivity index (χ4v) is 4.68. The maximum atomic E-state index is 12.8. The third-order valence-corrected chi connectivity index (χ3v) is 7.14. The standard InChI is InChI=1S/C26H38N2O5/c1-19-15-22(32-3)9-10-23(29)20(2)25(31)33-18-26(27-17-19)11-13-28(14-12-26)24(30)16-21-7-5-4-6-8-21/h4-8,19-20,22,27H,9-18H2,1-3H3/t19-,20?,22?/m1/s1. The molecule has 33 heavy (non-hydrogen) atoms. The molecular weight excluding hydrogens is 420 g/mol. The molecule has 1 spiro atoms. The molecule has 7 heteroatoms. The van der Waals surface area contributed by atoms with Gasteiger partial charge in [0.15, 0.2) is 0 Å². The zero-order valence-electron chi connectivity index (χ0n) is 20.2. The van der Waals surface area contributed by atoms with Gasteiger partial charge in [-0.1, -0.05) is 37.3 Å². The molecule has 2 unspecified atom stereocenters. The van der Waals surface area contributed by atoms with Gasteiger partial charge in [0.1, 0.15) is 18.3 Å². The van der Waals surface area contributed by atoms with E-state index in [1.807, 2.05) is 35.2 Å². The number of carbonyl (C=O) groups excluding carboxylic acids is 3. The Balaban J connectivity index is 1.66. The SMILES string of the molecule is COC1CCC(=O)C(C)C(=O)OCC2(CCN(C(=O)Cc3ccccc3)CC2)NC[C@H](C)C1. The lowest BCUT2D eigenvalue weighted by Gasteiger charge is -2.43. The van der Waals surface area contributed by atoms with E-state index in [1.165, 1.54) is 0 Å². The first-order chi connectivity index (χ1) is 15.8. The highest BCUT2D eigenvalue weighted by atomic mass is 16.5. The molecule has 1 aromatic rings. The van der Waals surface area contributed by atoms with E-state index in [-0.39, 0.29) is 24.4 Å². The molecule has 2 aliphatic rings. The van der Waals surface area contributed by atoms with Crippen LogP contribution in [-0.4, -0.2) is 67.6 Å². The number of esters is 1. The number of likely N-dealkylation sites (tertiary alicyclic amines) is 1. The fourth-order valence-electron chi connectivity index (χ4n) is 4.68. The van der Waals surface area contributed by atoms with Crippen LogP contribution in [-0.2, 0) is 30.3 Å². The number of Topliss-reactive ketones (excluding diaryl/α,β-unsaturated/α-hetero) is 1. The van der Waals surface area contributed by atoms with Gasteiger partial charge in [0, 0.05) is 26.6 Å². The van der Waals surface area contributed by atoms with E-state index in [2.05, 4.69) is 12.2 Å². The molecule has 2 heterocycles. The minimum atomic E-state index is -0.773. The van der Waals surface area contributed by atoms with Gasteiger partial charge in [0.05, 0.1) is 18.1 Å². The van der Waals surface area contributed by atoms with Crippen molar-refractivity contribution >= 4 is 17.7 Å². The number of amides is 1. The predicted molar refractivity (Wildman–Crippen MR) is 126 cm³/mol. The monoisotopic (exact) mass is 458 g/mol. The normalized spacial score (nSPS) is 27.2. The average Bonchev–Trinajstić information content (AvgIpc) is 2.84. The van der Waals surface area contributed by atoms with Gasteiger partial charge >= 0.3 is 5.97 Å². The molecule has 1 amide bonds. The Morgan fingerprint density at radius 2 is 1.88 bits per heavy atom. The summed E-state index contributed by atoms with van der Waals surface area (Å²) < 4.78 is 11.2. The Labute approximate surface area is 197 Å². The second kappa shape index (κ2) is 11.7. The summed E-state index contributed by atoms with van der Waals surface area (Å²) in [6.07, 6.45) is 3.55. The summed E-state index contributed by atoms with van der Waals surface area (Å²) in [5.74, 6) is -0.880. The highest BCUT2D eigenvalue weighted by Crippen LogP contribution is 2.26. The van der Waals surface area contributed by atoms with Crippen LogP contribution in [0.4, 0.5) is 0 Å². The van der Waals surface area contributed by atoms with Crippen molar-refractivity contribution < 1.29 is 23.9 Å². The summed E-state index contributed by atoms with van der Waals surface area (Å²) in [6.45, 7) is 5.99. The van der Waals surface area contributed by atoms with Gasteiger partial charge in [-0.2, -0.15) is 0 Å². The van der Waals surface area contributed by atoms with E-state index in [4.69, 9.17) is 9.47 Å². The number of nitrogens with one attached hydrogen (secondary N) is 1. The van der Waals surface area contributed by atoms with Crippen LogP contribution in [0.3, 0.4) is 0 Å². The van der Waals surface area contributed by atoms with Gasteiger partial charge in [-0.25, -0.2) is 0 Å². The second-order valence-electron chi connectivity index (χ2n) is 9.74. The summed E-state index contributed by atoms with van der Waals surface area (Å²) in [4.78, 5) is 39.8. The highest BCUT2D eigenvalue weighted by Gasteiger charge is 2.38. The molecule has 2 saturated heterocycles. The fraction of sp³-hybridized carbons (Fsp3) is 0.654. The predicted octanol–water partition coefficient (Wildman–Crippen LogP) is 2.76. The number of carbonyl (C=O) groups is 3. The number of hydrogen-bond acceptors (Lipinski definition) is 6. The van der Waals surface area contributed by atoms with E-state index in [0.29, 0.717) is 51.1 Å². The molecule has 3 rings (SSSR count). The third kappa shape index (κ3) is 7.11. The van der Waals surface area contributed by atoms with Crippen LogP contribution in [0.1, 0.15) is 51.5 Å². The molecular formula is C26H38N2O5. The molecule has 2 aliphatic heterocycles. The first-order valence-corrected chi connectivity index (χ1v) is 12.1. The number of rotatable bonds is 3. The second-order valence-corrected chi connectivity index (χ2v) is 9.74. The van der Waals surface area contributed by atoms with Crippen LogP contribution >= 0.6 is 0 Å². The van der Waals surface area contributed by atoms with Crippen molar-refractivity contribution in [2.75, 3.05) is 33.4 Å². The Kier molecular flexibility index (Phi) is 9.03. The Morgan fingerprint density at radius 1 is 1.18 bits per heavy atom. The lowest BCUT2D eigenvalue weighted by atomic mass is 9.87. The van der Waals surface area contributed by atoms with Crippen LogP contribution in [0, 0.1) is 11.8 Å². The number of ether oxygens (including phenoxy) is 2. The molecule has 0 aromatic heterocycles. The van der Waals surface area contributed by atoms with Crippen LogP contribution in [0.2, 0.25) is 0 Å². The zero-order valence-corrected chi connectivity index (χ0v) is 20.2.